The van der Waals surface area contributed by atoms with Gasteiger partial charge in [0, 0.05) is 10.4 Å². The first-order chi connectivity index (χ1) is 8.89. The van der Waals surface area contributed by atoms with Crippen LogP contribution in [0.1, 0.15) is 11.1 Å². The second-order valence-electron chi connectivity index (χ2n) is 4.02. The first-order valence-corrected chi connectivity index (χ1v) is 6.32. The Kier molecular flexibility index (Phi) is 3.82. The number of hydrogen-bond acceptors (Lipinski definition) is 3. The molecule has 0 bridgehead atoms. The van der Waals surface area contributed by atoms with Gasteiger partial charge in [0.2, 0.25) is 0 Å². The lowest BCUT2D eigenvalue weighted by Crippen LogP contribution is -2.17. The summed E-state index contributed by atoms with van der Waals surface area (Å²) in [6.07, 6.45) is -4.73. The molecule has 0 aliphatic rings. The number of aliphatic hydroxyl groups excluding tert-OH is 1. The third-order valence-corrected chi connectivity index (χ3v) is 3.53. The van der Waals surface area contributed by atoms with Crippen LogP contribution in [-0.4, -0.2) is 11.5 Å². The first kappa shape index (κ1) is 13.9. The molecule has 1 aromatic heterocycles. The zero-order chi connectivity index (χ0) is 14.0. The van der Waals surface area contributed by atoms with Crippen molar-refractivity contribution in [2.45, 2.75) is 19.9 Å². The molecule has 0 saturated heterocycles. The van der Waals surface area contributed by atoms with Crippen LogP contribution in [0.25, 0.3) is 10.4 Å². The van der Waals surface area contributed by atoms with E-state index < -0.39 is 6.36 Å². The lowest BCUT2D eigenvalue weighted by Gasteiger charge is -2.13. The summed E-state index contributed by atoms with van der Waals surface area (Å²) in [5.74, 6) is -0.258. The molecule has 0 aliphatic heterocycles. The van der Waals surface area contributed by atoms with Gasteiger partial charge in [-0.2, -0.15) is 0 Å². The number of benzene rings is 1. The standard InChI is InChI=1S/C13H11F3O2S/c1-8-4-12(19-7-8)10-5-9(6-17)2-3-11(10)18-13(14,15)16/h2-5,7,17H,6H2,1H3. The maximum atomic E-state index is 12.4. The van der Waals surface area contributed by atoms with Crippen LogP contribution in [0.4, 0.5) is 13.2 Å². The van der Waals surface area contributed by atoms with Crippen molar-refractivity contribution < 1.29 is 23.0 Å². The molecule has 0 fully saturated rings. The molecular formula is C13H11F3O2S. The maximum Gasteiger partial charge on any atom is 0.573 e. The molecule has 1 aromatic carbocycles. The number of rotatable bonds is 3. The molecule has 6 heteroatoms. The van der Waals surface area contributed by atoms with E-state index in [0.29, 0.717) is 16.0 Å². The van der Waals surface area contributed by atoms with E-state index in [0.717, 1.165) is 5.56 Å². The van der Waals surface area contributed by atoms with Crippen LogP contribution in [0.5, 0.6) is 5.75 Å². The largest absolute Gasteiger partial charge is 0.573 e. The van der Waals surface area contributed by atoms with Crippen LogP contribution in [0.15, 0.2) is 29.6 Å². The van der Waals surface area contributed by atoms with Gasteiger partial charge in [0.1, 0.15) is 5.75 Å². The molecule has 0 radical (unpaired) electrons. The van der Waals surface area contributed by atoms with E-state index in [4.69, 9.17) is 5.11 Å². The van der Waals surface area contributed by atoms with Crippen molar-refractivity contribution in [2.24, 2.45) is 0 Å². The highest BCUT2D eigenvalue weighted by Gasteiger charge is 2.32. The minimum atomic E-state index is -4.73. The summed E-state index contributed by atoms with van der Waals surface area (Å²) in [4.78, 5) is 0.673. The highest BCUT2D eigenvalue weighted by molar-refractivity contribution is 7.13. The quantitative estimate of drug-likeness (QED) is 0.920. The van der Waals surface area contributed by atoms with E-state index in [9.17, 15) is 13.2 Å². The van der Waals surface area contributed by atoms with Gasteiger partial charge >= 0.3 is 6.36 Å². The Hall–Kier alpha value is -1.53. The Morgan fingerprint density at radius 3 is 2.53 bits per heavy atom. The van der Waals surface area contributed by atoms with Gasteiger partial charge in [0.25, 0.3) is 0 Å². The first-order valence-electron chi connectivity index (χ1n) is 5.44. The second kappa shape index (κ2) is 5.22. The summed E-state index contributed by atoms with van der Waals surface area (Å²) < 4.78 is 41.1. The predicted octanol–water partition coefficient (Wildman–Crippen LogP) is 4.11. The van der Waals surface area contributed by atoms with Crippen LogP contribution in [0, 0.1) is 6.92 Å². The van der Waals surface area contributed by atoms with Crippen molar-refractivity contribution in [3.63, 3.8) is 0 Å². The Labute approximate surface area is 112 Å². The number of aliphatic hydroxyl groups is 1. The minimum Gasteiger partial charge on any atom is -0.405 e. The number of hydrogen-bond donors (Lipinski definition) is 1. The Morgan fingerprint density at radius 1 is 1.26 bits per heavy atom. The molecule has 0 aliphatic carbocycles. The van der Waals surface area contributed by atoms with E-state index >= 15 is 0 Å². The number of thiophene rings is 1. The lowest BCUT2D eigenvalue weighted by molar-refractivity contribution is -0.274. The molecule has 0 amide bonds. The van der Waals surface area contributed by atoms with E-state index in [-0.39, 0.29) is 12.4 Å². The average molecular weight is 288 g/mol. The van der Waals surface area contributed by atoms with Crippen LogP contribution in [0.2, 0.25) is 0 Å². The molecule has 2 nitrogen and oxygen atoms in total. The number of ether oxygens (including phenoxy) is 1. The minimum absolute atomic E-state index is 0.232. The predicted molar refractivity (Wildman–Crippen MR) is 67.1 cm³/mol. The fraction of sp³-hybridized carbons (Fsp3) is 0.231. The lowest BCUT2D eigenvalue weighted by atomic mass is 10.1. The van der Waals surface area contributed by atoms with E-state index in [1.807, 2.05) is 12.3 Å². The number of aryl methyl sites for hydroxylation is 1. The fourth-order valence-electron chi connectivity index (χ4n) is 1.65. The average Bonchev–Trinajstić information content (AvgIpc) is 2.74. The molecule has 102 valence electrons. The zero-order valence-corrected chi connectivity index (χ0v) is 10.8. The van der Waals surface area contributed by atoms with Crippen molar-refractivity contribution in [3.05, 3.63) is 40.8 Å². The number of alkyl halides is 3. The molecule has 0 saturated carbocycles. The fourth-order valence-corrected chi connectivity index (χ4v) is 2.58. The summed E-state index contributed by atoms with van der Waals surface area (Å²) in [5.41, 5.74) is 1.84. The Balaban J connectivity index is 2.48. The summed E-state index contributed by atoms with van der Waals surface area (Å²) >= 11 is 1.33. The SMILES string of the molecule is Cc1csc(-c2cc(CO)ccc2OC(F)(F)F)c1. The Morgan fingerprint density at radius 2 is 2.00 bits per heavy atom. The van der Waals surface area contributed by atoms with Crippen molar-refractivity contribution >= 4 is 11.3 Å². The van der Waals surface area contributed by atoms with Gasteiger partial charge in [-0.3, -0.25) is 0 Å². The topological polar surface area (TPSA) is 29.5 Å². The van der Waals surface area contributed by atoms with Gasteiger partial charge in [-0.05, 0) is 41.6 Å². The Bertz CT molecular complexity index is 576. The second-order valence-corrected chi connectivity index (χ2v) is 4.94. The van der Waals surface area contributed by atoms with Crippen LogP contribution in [-0.2, 0) is 6.61 Å². The summed E-state index contributed by atoms with van der Waals surface area (Å²) in [5, 5.41) is 10.9. The third kappa shape index (κ3) is 3.48. The molecule has 19 heavy (non-hydrogen) atoms. The molecule has 0 atom stereocenters. The van der Waals surface area contributed by atoms with Gasteiger partial charge in [-0.1, -0.05) is 6.07 Å². The monoisotopic (exact) mass is 288 g/mol. The van der Waals surface area contributed by atoms with Gasteiger partial charge in [-0.15, -0.1) is 24.5 Å². The number of halogens is 3. The summed E-state index contributed by atoms with van der Waals surface area (Å²) in [6.45, 7) is 1.63. The van der Waals surface area contributed by atoms with Gasteiger partial charge < -0.3 is 9.84 Å². The smallest absolute Gasteiger partial charge is 0.405 e. The van der Waals surface area contributed by atoms with Crippen molar-refractivity contribution in [3.8, 4) is 16.2 Å². The van der Waals surface area contributed by atoms with Gasteiger partial charge in [-0.25, -0.2) is 0 Å². The summed E-state index contributed by atoms with van der Waals surface area (Å²) in [7, 11) is 0. The highest BCUT2D eigenvalue weighted by atomic mass is 32.1. The van der Waals surface area contributed by atoms with E-state index in [1.54, 1.807) is 6.07 Å². The van der Waals surface area contributed by atoms with Crippen LogP contribution in [0.3, 0.4) is 0 Å². The van der Waals surface area contributed by atoms with E-state index in [1.165, 1.54) is 29.5 Å². The third-order valence-electron chi connectivity index (χ3n) is 2.45. The highest BCUT2D eigenvalue weighted by Crippen LogP contribution is 2.37. The molecule has 0 unspecified atom stereocenters. The maximum absolute atomic E-state index is 12.4. The van der Waals surface area contributed by atoms with Gasteiger partial charge in [0.15, 0.2) is 0 Å². The molecular weight excluding hydrogens is 277 g/mol. The molecule has 0 spiro atoms. The van der Waals surface area contributed by atoms with Crippen molar-refractivity contribution in [1.82, 2.24) is 0 Å². The van der Waals surface area contributed by atoms with Crippen LogP contribution < -0.4 is 4.74 Å². The molecule has 1 N–H and O–H groups in total. The zero-order valence-electron chi connectivity index (χ0n) is 9.99. The summed E-state index contributed by atoms with van der Waals surface area (Å²) in [6, 6.07) is 5.92. The normalized spacial score (nSPS) is 11.6. The van der Waals surface area contributed by atoms with Crippen molar-refractivity contribution in [2.75, 3.05) is 0 Å². The van der Waals surface area contributed by atoms with Crippen molar-refractivity contribution in [1.29, 1.82) is 0 Å². The molecule has 2 aromatic rings. The van der Waals surface area contributed by atoms with Crippen LogP contribution >= 0.6 is 11.3 Å². The van der Waals surface area contributed by atoms with Gasteiger partial charge in [0.05, 0.1) is 6.61 Å². The molecule has 1 heterocycles. The molecule has 2 rings (SSSR count). The van der Waals surface area contributed by atoms with E-state index in [2.05, 4.69) is 4.74 Å².